The van der Waals surface area contributed by atoms with Crippen LogP contribution >= 0.6 is 7.14 Å². The van der Waals surface area contributed by atoms with Gasteiger partial charge >= 0.3 is 0 Å². The lowest BCUT2D eigenvalue weighted by Crippen LogP contribution is -2.31. The van der Waals surface area contributed by atoms with E-state index in [0.29, 0.717) is 0 Å². The molecular weight excluding hydrogens is 397 g/mol. The van der Waals surface area contributed by atoms with E-state index in [1.165, 1.54) is 5.56 Å². The van der Waals surface area contributed by atoms with E-state index in [1.807, 2.05) is 97.1 Å². The molecular formula is C28H28NOP. The van der Waals surface area contributed by atoms with E-state index in [-0.39, 0.29) is 5.78 Å². The Balaban J connectivity index is 1.70. The van der Waals surface area contributed by atoms with Gasteiger partial charge in [0.15, 0.2) is 7.14 Å². The van der Waals surface area contributed by atoms with Crippen molar-refractivity contribution >= 4 is 23.4 Å². The maximum Gasteiger partial charge on any atom is 0.164 e. The number of hydrogen-bond acceptors (Lipinski definition) is 2. The molecule has 0 aliphatic rings. The van der Waals surface area contributed by atoms with Crippen molar-refractivity contribution in [1.29, 1.82) is 0 Å². The lowest BCUT2D eigenvalue weighted by molar-refractivity contribution is 0.573. The fourth-order valence-electron chi connectivity index (χ4n) is 4.02. The number of anilines is 1. The topological polar surface area (TPSA) is 29.1 Å². The number of para-hydroxylation sites is 1. The van der Waals surface area contributed by atoms with Crippen molar-refractivity contribution in [2.24, 2.45) is 0 Å². The SMILES string of the molecule is O=P(c1ccccc1)(c1ccccc1)C(CCCc1ccccc1)Nc1ccccc1. The van der Waals surface area contributed by atoms with E-state index >= 15 is 0 Å². The highest BCUT2D eigenvalue weighted by Crippen LogP contribution is 2.50. The van der Waals surface area contributed by atoms with Gasteiger partial charge < -0.3 is 9.88 Å². The molecule has 0 aromatic heterocycles. The van der Waals surface area contributed by atoms with Crippen LogP contribution in [0.25, 0.3) is 0 Å². The molecule has 3 heteroatoms. The molecule has 4 aromatic carbocycles. The highest BCUT2D eigenvalue weighted by Gasteiger charge is 2.36. The van der Waals surface area contributed by atoms with Crippen molar-refractivity contribution < 1.29 is 4.57 Å². The summed E-state index contributed by atoms with van der Waals surface area (Å²) in [7, 11) is -2.93. The van der Waals surface area contributed by atoms with Gasteiger partial charge in [0.1, 0.15) is 0 Å². The molecule has 4 aromatic rings. The zero-order valence-electron chi connectivity index (χ0n) is 17.6. The summed E-state index contributed by atoms with van der Waals surface area (Å²) >= 11 is 0. The summed E-state index contributed by atoms with van der Waals surface area (Å²) in [4.78, 5) is 0. The maximum atomic E-state index is 14.9. The summed E-state index contributed by atoms with van der Waals surface area (Å²) in [6.45, 7) is 0. The third-order valence-electron chi connectivity index (χ3n) is 5.61. The summed E-state index contributed by atoms with van der Waals surface area (Å²) in [6.07, 6.45) is 2.74. The van der Waals surface area contributed by atoms with E-state index in [0.717, 1.165) is 35.6 Å². The Morgan fingerprint density at radius 3 is 1.58 bits per heavy atom. The van der Waals surface area contributed by atoms with Crippen LogP contribution in [0.4, 0.5) is 5.69 Å². The normalized spacial score (nSPS) is 12.3. The first-order valence-electron chi connectivity index (χ1n) is 10.8. The molecule has 0 saturated heterocycles. The first kappa shape index (κ1) is 21.2. The standard InChI is InChI=1S/C28H28NOP/c30-31(26-19-9-3-10-20-26,27-21-11-4-12-22-27)28(29-25-17-7-2-8-18-25)23-13-16-24-14-5-1-6-15-24/h1-12,14-15,17-22,28-29H,13,16,23H2. The van der Waals surface area contributed by atoms with Gasteiger partial charge in [-0.25, -0.2) is 0 Å². The Bertz CT molecular complexity index is 1060. The van der Waals surface area contributed by atoms with Crippen LogP contribution < -0.4 is 15.9 Å². The maximum absolute atomic E-state index is 14.9. The fraction of sp³-hybridized carbons (Fsp3) is 0.143. The summed E-state index contributed by atoms with van der Waals surface area (Å²) in [5, 5.41) is 5.43. The van der Waals surface area contributed by atoms with Crippen LogP contribution in [0.15, 0.2) is 121 Å². The molecule has 31 heavy (non-hydrogen) atoms. The summed E-state index contributed by atoms with van der Waals surface area (Å²) in [5.41, 5.74) is 2.31. The molecule has 1 unspecified atom stereocenters. The van der Waals surface area contributed by atoms with Crippen molar-refractivity contribution in [2.45, 2.75) is 25.0 Å². The number of hydrogen-bond donors (Lipinski definition) is 1. The Morgan fingerprint density at radius 2 is 1.06 bits per heavy atom. The Labute approximate surface area is 185 Å². The molecule has 0 aliphatic carbocycles. The van der Waals surface area contributed by atoms with Gasteiger partial charge in [0.2, 0.25) is 0 Å². The second-order valence-corrected chi connectivity index (χ2v) is 10.7. The fourth-order valence-corrected chi connectivity index (χ4v) is 7.15. The van der Waals surface area contributed by atoms with E-state index < -0.39 is 7.14 Å². The molecule has 0 fully saturated rings. The molecule has 4 rings (SSSR count). The van der Waals surface area contributed by atoms with E-state index in [2.05, 4.69) is 29.6 Å². The number of aryl methyl sites for hydroxylation is 1. The average molecular weight is 426 g/mol. The summed E-state index contributed by atoms with van der Waals surface area (Å²) in [6, 6.07) is 40.5. The largest absolute Gasteiger partial charge is 0.375 e. The third kappa shape index (κ3) is 5.16. The first-order valence-corrected chi connectivity index (χ1v) is 12.6. The van der Waals surface area contributed by atoms with Gasteiger partial charge in [-0.05, 0) is 37.0 Å². The lowest BCUT2D eigenvalue weighted by Gasteiger charge is -2.30. The van der Waals surface area contributed by atoms with Gasteiger partial charge in [0.25, 0.3) is 0 Å². The quantitative estimate of drug-likeness (QED) is 0.312. The monoisotopic (exact) mass is 425 g/mol. The van der Waals surface area contributed by atoms with Crippen molar-refractivity contribution in [3.8, 4) is 0 Å². The van der Waals surface area contributed by atoms with Crippen LogP contribution in [0.1, 0.15) is 18.4 Å². The molecule has 0 aliphatic heterocycles. The smallest absolute Gasteiger partial charge is 0.164 e. The minimum absolute atomic E-state index is 0.191. The number of rotatable bonds is 9. The predicted octanol–water partition coefficient (Wildman–Crippen LogP) is 6.46. The Kier molecular flexibility index (Phi) is 7.02. The zero-order chi connectivity index (χ0) is 21.4. The van der Waals surface area contributed by atoms with E-state index in [9.17, 15) is 4.57 Å². The third-order valence-corrected chi connectivity index (χ3v) is 9.01. The molecule has 0 radical (unpaired) electrons. The van der Waals surface area contributed by atoms with Gasteiger partial charge in [0.05, 0.1) is 5.78 Å². The molecule has 0 heterocycles. The average Bonchev–Trinajstić information content (AvgIpc) is 2.85. The van der Waals surface area contributed by atoms with Gasteiger partial charge in [0, 0.05) is 16.3 Å². The zero-order valence-corrected chi connectivity index (χ0v) is 18.5. The van der Waals surface area contributed by atoms with Crippen molar-refractivity contribution in [2.75, 3.05) is 5.32 Å². The second kappa shape index (κ2) is 10.3. The molecule has 0 bridgehead atoms. The minimum atomic E-state index is -2.93. The lowest BCUT2D eigenvalue weighted by atomic mass is 10.1. The molecule has 1 atom stereocenters. The van der Waals surface area contributed by atoms with E-state index in [4.69, 9.17) is 0 Å². The van der Waals surface area contributed by atoms with Crippen LogP contribution in [-0.2, 0) is 11.0 Å². The van der Waals surface area contributed by atoms with Crippen LogP contribution in [0, 0.1) is 0 Å². The highest BCUT2D eigenvalue weighted by atomic mass is 31.2. The van der Waals surface area contributed by atoms with Gasteiger partial charge in [-0.2, -0.15) is 0 Å². The predicted molar refractivity (Wildman–Crippen MR) is 133 cm³/mol. The Hall–Kier alpha value is -3.09. The van der Waals surface area contributed by atoms with Crippen LogP contribution in [0.2, 0.25) is 0 Å². The minimum Gasteiger partial charge on any atom is -0.375 e. The van der Waals surface area contributed by atoms with E-state index in [1.54, 1.807) is 0 Å². The van der Waals surface area contributed by atoms with Gasteiger partial charge in [-0.1, -0.05) is 109 Å². The number of benzene rings is 4. The molecule has 2 nitrogen and oxygen atoms in total. The van der Waals surface area contributed by atoms with Crippen LogP contribution in [0.3, 0.4) is 0 Å². The van der Waals surface area contributed by atoms with Crippen molar-refractivity contribution in [1.82, 2.24) is 0 Å². The molecule has 0 saturated carbocycles. The summed E-state index contributed by atoms with van der Waals surface area (Å²) in [5.74, 6) is -0.191. The van der Waals surface area contributed by atoms with Crippen molar-refractivity contribution in [3.05, 3.63) is 127 Å². The second-order valence-electron chi connectivity index (χ2n) is 7.73. The molecule has 1 N–H and O–H groups in total. The number of nitrogens with one attached hydrogen (secondary N) is 1. The molecule has 156 valence electrons. The highest BCUT2D eigenvalue weighted by molar-refractivity contribution is 7.79. The summed E-state index contributed by atoms with van der Waals surface area (Å²) < 4.78 is 14.9. The molecule has 0 spiro atoms. The van der Waals surface area contributed by atoms with Gasteiger partial charge in [-0.3, -0.25) is 0 Å². The van der Waals surface area contributed by atoms with Crippen LogP contribution in [0.5, 0.6) is 0 Å². The Morgan fingerprint density at radius 1 is 0.613 bits per heavy atom. The van der Waals surface area contributed by atoms with Crippen LogP contribution in [-0.4, -0.2) is 5.78 Å². The van der Waals surface area contributed by atoms with Crippen molar-refractivity contribution in [3.63, 3.8) is 0 Å². The first-order chi connectivity index (χ1) is 15.3. The van der Waals surface area contributed by atoms with Gasteiger partial charge in [-0.15, -0.1) is 0 Å². The molecule has 0 amide bonds.